The van der Waals surface area contributed by atoms with Gasteiger partial charge in [-0.2, -0.15) is 0 Å². The van der Waals surface area contributed by atoms with Crippen LogP contribution in [0.5, 0.6) is 0 Å². The second-order valence-electron chi connectivity index (χ2n) is 4.36. The lowest BCUT2D eigenvalue weighted by molar-refractivity contribution is 0.881. The number of hydrogen-bond donors (Lipinski definition) is 1. The van der Waals surface area contributed by atoms with Crippen LogP contribution >= 0.6 is 43.5 Å². The molecular weight excluding hydrogens is 391 g/mol. The van der Waals surface area contributed by atoms with E-state index in [4.69, 9.17) is 11.6 Å². The first kappa shape index (κ1) is 14.8. The molecule has 1 heterocycles. The summed E-state index contributed by atoms with van der Waals surface area (Å²) in [5.41, 5.74) is 3.14. The maximum atomic E-state index is 6.25. The van der Waals surface area contributed by atoms with Crippen LogP contribution in [0.1, 0.15) is 24.1 Å². The van der Waals surface area contributed by atoms with E-state index in [1.165, 1.54) is 0 Å². The van der Waals surface area contributed by atoms with Crippen LogP contribution in [0.2, 0.25) is 5.02 Å². The predicted octanol–water partition coefficient (Wildman–Crippen LogP) is 5.74. The first-order valence-corrected chi connectivity index (χ1v) is 7.77. The summed E-state index contributed by atoms with van der Waals surface area (Å²) in [5.74, 6) is 0. The molecule has 2 aromatic rings. The van der Waals surface area contributed by atoms with Gasteiger partial charge in [-0.25, -0.2) is 4.98 Å². The Labute approximate surface area is 134 Å². The molecule has 0 bridgehead atoms. The van der Waals surface area contributed by atoms with Crippen LogP contribution in [-0.2, 0) is 0 Å². The van der Waals surface area contributed by atoms with Crippen molar-refractivity contribution in [3.05, 3.63) is 55.7 Å². The van der Waals surface area contributed by atoms with Crippen LogP contribution in [-0.4, -0.2) is 4.98 Å². The van der Waals surface area contributed by atoms with Crippen LogP contribution < -0.4 is 5.32 Å². The van der Waals surface area contributed by atoms with Gasteiger partial charge in [0.05, 0.1) is 17.9 Å². The third kappa shape index (κ3) is 3.71. The van der Waals surface area contributed by atoms with Crippen molar-refractivity contribution >= 4 is 49.1 Å². The van der Waals surface area contributed by atoms with Crippen molar-refractivity contribution in [2.24, 2.45) is 0 Å². The lowest BCUT2D eigenvalue weighted by Crippen LogP contribution is -2.07. The van der Waals surface area contributed by atoms with Crippen LogP contribution in [0.15, 0.2) is 39.5 Å². The van der Waals surface area contributed by atoms with Crippen molar-refractivity contribution in [1.82, 2.24) is 4.98 Å². The highest BCUT2D eigenvalue weighted by molar-refractivity contribution is 9.10. The number of halogens is 3. The third-order valence-electron chi connectivity index (χ3n) is 2.83. The maximum absolute atomic E-state index is 6.25. The highest BCUT2D eigenvalue weighted by atomic mass is 79.9. The zero-order valence-corrected chi connectivity index (χ0v) is 14.5. The molecule has 0 aliphatic heterocycles. The molecule has 19 heavy (non-hydrogen) atoms. The van der Waals surface area contributed by atoms with E-state index in [9.17, 15) is 0 Å². The molecule has 0 amide bonds. The lowest BCUT2D eigenvalue weighted by Gasteiger charge is -2.17. The van der Waals surface area contributed by atoms with E-state index in [1.807, 2.05) is 25.1 Å². The predicted molar refractivity (Wildman–Crippen MR) is 87.9 cm³/mol. The Bertz CT molecular complexity index is 602. The van der Waals surface area contributed by atoms with Crippen molar-refractivity contribution in [3.63, 3.8) is 0 Å². The minimum absolute atomic E-state index is 0.114. The zero-order chi connectivity index (χ0) is 14.0. The molecule has 100 valence electrons. The van der Waals surface area contributed by atoms with E-state index in [0.29, 0.717) is 0 Å². The second-order valence-corrected chi connectivity index (χ2v) is 6.44. The van der Waals surface area contributed by atoms with E-state index >= 15 is 0 Å². The maximum Gasteiger partial charge on any atom is 0.109 e. The van der Waals surface area contributed by atoms with Crippen molar-refractivity contribution in [3.8, 4) is 0 Å². The summed E-state index contributed by atoms with van der Waals surface area (Å²) in [6.07, 6.45) is 1.81. The molecule has 1 aromatic heterocycles. The SMILES string of the molecule is Cc1cc(NC(C)c2ccc(Br)cc2Cl)cnc1Br. The topological polar surface area (TPSA) is 24.9 Å². The summed E-state index contributed by atoms with van der Waals surface area (Å²) in [6, 6.07) is 8.08. The van der Waals surface area contributed by atoms with Crippen molar-refractivity contribution in [1.29, 1.82) is 0 Å². The largest absolute Gasteiger partial charge is 0.377 e. The number of anilines is 1. The van der Waals surface area contributed by atoms with E-state index in [2.05, 4.69) is 55.2 Å². The molecule has 2 rings (SSSR count). The molecule has 1 atom stereocenters. The van der Waals surface area contributed by atoms with Gasteiger partial charge in [0, 0.05) is 9.50 Å². The number of rotatable bonds is 3. The average Bonchev–Trinajstić information content (AvgIpc) is 2.33. The highest BCUT2D eigenvalue weighted by Crippen LogP contribution is 2.29. The monoisotopic (exact) mass is 402 g/mol. The number of aromatic nitrogens is 1. The average molecular weight is 405 g/mol. The summed E-state index contributed by atoms with van der Waals surface area (Å²) in [5, 5.41) is 4.15. The van der Waals surface area contributed by atoms with E-state index in [0.717, 1.165) is 30.9 Å². The molecule has 1 unspecified atom stereocenters. The molecule has 0 fully saturated rings. The Morgan fingerprint density at radius 1 is 1.26 bits per heavy atom. The third-order valence-corrected chi connectivity index (χ3v) is 4.48. The smallest absolute Gasteiger partial charge is 0.109 e. The van der Waals surface area contributed by atoms with Gasteiger partial charge in [0.1, 0.15) is 4.60 Å². The number of hydrogen-bond acceptors (Lipinski definition) is 2. The first-order valence-electron chi connectivity index (χ1n) is 5.81. The fourth-order valence-electron chi connectivity index (χ4n) is 1.82. The molecule has 5 heteroatoms. The molecule has 0 saturated heterocycles. The minimum Gasteiger partial charge on any atom is -0.377 e. The molecule has 1 N–H and O–H groups in total. The molecular formula is C14H13Br2ClN2. The number of nitrogens with zero attached hydrogens (tertiary/aromatic N) is 1. The first-order chi connectivity index (χ1) is 8.97. The molecule has 0 saturated carbocycles. The summed E-state index contributed by atoms with van der Waals surface area (Å²) >= 11 is 13.1. The van der Waals surface area contributed by atoms with E-state index in [1.54, 1.807) is 6.20 Å². The van der Waals surface area contributed by atoms with Crippen LogP contribution in [0.3, 0.4) is 0 Å². The van der Waals surface area contributed by atoms with Crippen LogP contribution in [0.4, 0.5) is 5.69 Å². The fourth-order valence-corrected chi connectivity index (χ4v) is 2.87. The molecule has 0 spiro atoms. The van der Waals surface area contributed by atoms with Gasteiger partial charge in [0.15, 0.2) is 0 Å². The molecule has 0 aliphatic rings. The van der Waals surface area contributed by atoms with Crippen LogP contribution in [0, 0.1) is 6.92 Å². The molecule has 2 nitrogen and oxygen atoms in total. The number of nitrogens with one attached hydrogen (secondary N) is 1. The Morgan fingerprint density at radius 3 is 2.63 bits per heavy atom. The Kier molecular flexibility index (Phi) is 4.87. The number of benzene rings is 1. The van der Waals surface area contributed by atoms with E-state index < -0.39 is 0 Å². The van der Waals surface area contributed by atoms with Gasteiger partial charge >= 0.3 is 0 Å². The minimum atomic E-state index is 0.114. The second kappa shape index (κ2) is 6.25. The van der Waals surface area contributed by atoms with Gasteiger partial charge in [-0.05, 0) is 59.1 Å². The Hall–Kier alpha value is -0.580. The summed E-state index contributed by atoms with van der Waals surface area (Å²) in [7, 11) is 0. The Balaban J connectivity index is 2.20. The lowest BCUT2D eigenvalue weighted by atomic mass is 10.1. The van der Waals surface area contributed by atoms with Crippen molar-refractivity contribution < 1.29 is 0 Å². The summed E-state index contributed by atoms with van der Waals surface area (Å²) in [4.78, 5) is 4.28. The highest BCUT2D eigenvalue weighted by Gasteiger charge is 2.10. The molecule has 0 radical (unpaired) electrons. The van der Waals surface area contributed by atoms with Gasteiger partial charge in [-0.15, -0.1) is 0 Å². The molecule has 0 aliphatic carbocycles. The number of aryl methyl sites for hydroxylation is 1. The normalized spacial score (nSPS) is 12.3. The van der Waals surface area contributed by atoms with Crippen LogP contribution in [0.25, 0.3) is 0 Å². The van der Waals surface area contributed by atoms with Gasteiger partial charge in [-0.1, -0.05) is 33.6 Å². The van der Waals surface area contributed by atoms with Gasteiger partial charge in [0.25, 0.3) is 0 Å². The van der Waals surface area contributed by atoms with Crippen molar-refractivity contribution in [2.45, 2.75) is 19.9 Å². The zero-order valence-electron chi connectivity index (χ0n) is 10.5. The summed E-state index contributed by atoms with van der Waals surface area (Å²) in [6.45, 7) is 4.09. The summed E-state index contributed by atoms with van der Waals surface area (Å²) < 4.78 is 1.85. The van der Waals surface area contributed by atoms with Crippen molar-refractivity contribution in [2.75, 3.05) is 5.32 Å². The fraction of sp³-hybridized carbons (Fsp3) is 0.214. The number of pyridine rings is 1. The van der Waals surface area contributed by atoms with Gasteiger partial charge < -0.3 is 5.32 Å². The quantitative estimate of drug-likeness (QED) is 0.660. The van der Waals surface area contributed by atoms with Gasteiger partial charge in [0.2, 0.25) is 0 Å². The van der Waals surface area contributed by atoms with E-state index in [-0.39, 0.29) is 6.04 Å². The molecule has 1 aromatic carbocycles. The van der Waals surface area contributed by atoms with Gasteiger partial charge in [-0.3, -0.25) is 0 Å². The standard InChI is InChI=1S/C14H13Br2ClN2/c1-8-5-11(7-18-14(8)16)19-9(2)12-4-3-10(15)6-13(12)17/h3-7,9,19H,1-2H3. The Morgan fingerprint density at radius 2 is 2.00 bits per heavy atom.